The minimum absolute atomic E-state index is 0.0872. The maximum atomic E-state index is 8.57. The molecule has 156 valence electrons. The quantitative estimate of drug-likeness (QED) is 0.293. The van der Waals surface area contributed by atoms with Crippen molar-refractivity contribution in [3.05, 3.63) is 133 Å². The molecular formula is C32H23N. The summed E-state index contributed by atoms with van der Waals surface area (Å²) in [5.74, 6) is 0. The summed E-state index contributed by atoms with van der Waals surface area (Å²) in [6, 6.07) is 18.2. The fourth-order valence-corrected chi connectivity index (χ4v) is 4.12. The van der Waals surface area contributed by atoms with Gasteiger partial charge < -0.3 is 5.32 Å². The average molecular weight is 432 g/mol. The zero-order valence-electron chi connectivity index (χ0n) is 27.4. The third-order valence-electron chi connectivity index (χ3n) is 5.55. The third kappa shape index (κ3) is 3.75. The molecule has 0 heterocycles. The van der Waals surface area contributed by atoms with Crippen molar-refractivity contribution in [1.29, 1.82) is 0 Å². The second-order valence-corrected chi connectivity index (χ2v) is 7.61. The van der Waals surface area contributed by atoms with E-state index in [1.807, 2.05) is 60.7 Å². The van der Waals surface area contributed by atoms with Gasteiger partial charge in [0.25, 0.3) is 0 Å². The van der Waals surface area contributed by atoms with Gasteiger partial charge in [0.2, 0.25) is 0 Å². The Bertz CT molecular complexity index is 1910. The highest BCUT2D eigenvalue weighted by molar-refractivity contribution is 6.02. The van der Waals surface area contributed by atoms with Crippen LogP contribution in [0.15, 0.2) is 133 Å². The molecule has 0 spiro atoms. The first kappa shape index (κ1) is 11.5. The van der Waals surface area contributed by atoms with Gasteiger partial charge in [-0.05, 0) is 68.1 Å². The van der Waals surface area contributed by atoms with E-state index in [2.05, 4.69) is 5.32 Å². The largest absolute Gasteiger partial charge is 0.355 e. The molecule has 1 nitrogen and oxygen atoms in total. The van der Waals surface area contributed by atoms with Crippen LogP contribution in [-0.2, 0) is 0 Å². The molecule has 0 aliphatic heterocycles. The smallest absolute Gasteiger partial charge is 0.0629 e. The number of nitrogens with one attached hydrogen (secondary N) is 1. The van der Waals surface area contributed by atoms with Crippen LogP contribution in [0.5, 0.6) is 0 Å². The van der Waals surface area contributed by atoms with Gasteiger partial charge in [-0.2, -0.15) is 0 Å². The summed E-state index contributed by atoms with van der Waals surface area (Å²) in [7, 11) is 0. The van der Waals surface area contributed by atoms with Gasteiger partial charge in [-0.1, -0.05) is 109 Å². The Kier molecular flexibility index (Phi) is 2.89. The van der Waals surface area contributed by atoms with Gasteiger partial charge in [0.05, 0.1) is 13.7 Å². The molecule has 0 radical (unpaired) electrons. The van der Waals surface area contributed by atoms with Crippen LogP contribution in [0.2, 0.25) is 0 Å². The SMILES string of the molecule is [2H]c1c([2H])c([2H])c(-c2cc(Nc3cc(-c4c([2H])c([2H])c([2H])c([2H])c4[2H])c4ccccc4c3)cc3ccccc23)c([2H])c1[2H]. The second-order valence-electron chi connectivity index (χ2n) is 7.61. The fourth-order valence-electron chi connectivity index (χ4n) is 4.12. The maximum Gasteiger partial charge on any atom is 0.0629 e. The summed E-state index contributed by atoms with van der Waals surface area (Å²) in [4.78, 5) is 0. The fraction of sp³-hybridized carbons (Fsp3) is 0. The van der Waals surface area contributed by atoms with Crippen LogP contribution in [0.4, 0.5) is 11.4 Å². The van der Waals surface area contributed by atoms with E-state index in [0.717, 1.165) is 10.8 Å². The van der Waals surface area contributed by atoms with Crippen LogP contribution in [0.1, 0.15) is 13.7 Å². The van der Waals surface area contributed by atoms with Gasteiger partial charge in [0.15, 0.2) is 0 Å². The summed E-state index contributed by atoms with van der Waals surface area (Å²) in [5.41, 5.74) is 2.24. The number of fused-ring (bicyclic) bond motifs is 2. The second kappa shape index (κ2) is 8.29. The lowest BCUT2D eigenvalue weighted by Gasteiger charge is -2.15. The van der Waals surface area contributed by atoms with Gasteiger partial charge in [-0.25, -0.2) is 0 Å². The summed E-state index contributed by atoms with van der Waals surface area (Å²) < 4.78 is 83.1. The molecule has 0 saturated carbocycles. The Hall–Kier alpha value is -4.36. The number of hydrogen-bond acceptors (Lipinski definition) is 1. The minimum atomic E-state index is -0.464. The zero-order valence-corrected chi connectivity index (χ0v) is 17.4. The summed E-state index contributed by atoms with van der Waals surface area (Å²) in [6.07, 6.45) is 0. The lowest BCUT2D eigenvalue weighted by molar-refractivity contribution is 1.57. The van der Waals surface area contributed by atoms with E-state index in [0.29, 0.717) is 33.3 Å². The van der Waals surface area contributed by atoms with Gasteiger partial charge in [0.1, 0.15) is 0 Å². The Morgan fingerprint density at radius 2 is 0.909 bits per heavy atom. The summed E-state index contributed by atoms with van der Waals surface area (Å²) in [6.45, 7) is 0. The molecule has 0 aliphatic carbocycles. The van der Waals surface area contributed by atoms with Crippen molar-refractivity contribution in [2.24, 2.45) is 0 Å². The number of benzene rings is 6. The van der Waals surface area contributed by atoms with E-state index in [4.69, 9.17) is 13.7 Å². The summed E-state index contributed by atoms with van der Waals surface area (Å²) >= 11 is 0. The Balaban J connectivity index is 1.58. The van der Waals surface area contributed by atoms with E-state index >= 15 is 0 Å². The van der Waals surface area contributed by atoms with Crippen LogP contribution >= 0.6 is 0 Å². The molecule has 6 aromatic rings. The van der Waals surface area contributed by atoms with E-state index in [1.165, 1.54) is 0 Å². The Labute approximate surface area is 208 Å². The van der Waals surface area contributed by atoms with Gasteiger partial charge in [-0.15, -0.1) is 0 Å². The monoisotopic (exact) mass is 431 g/mol. The van der Waals surface area contributed by atoms with E-state index in [-0.39, 0.29) is 35.3 Å². The van der Waals surface area contributed by atoms with Crippen molar-refractivity contribution in [3.63, 3.8) is 0 Å². The van der Waals surface area contributed by atoms with E-state index in [1.54, 1.807) is 12.1 Å². The number of rotatable bonds is 4. The summed E-state index contributed by atoms with van der Waals surface area (Å²) in [5, 5.41) is 6.34. The van der Waals surface area contributed by atoms with Crippen molar-refractivity contribution in [2.75, 3.05) is 5.32 Å². The van der Waals surface area contributed by atoms with Crippen molar-refractivity contribution >= 4 is 32.9 Å². The maximum absolute atomic E-state index is 8.57. The molecular weight excluding hydrogens is 398 g/mol. The molecule has 0 bridgehead atoms. The molecule has 6 rings (SSSR count). The normalized spacial score (nSPS) is 15.3. The Morgan fingerprint density at radius 3 is 1.36 bits per heavy atom. The number of hydrogen-bond donors (Lipinski definition) is 1. The first-order chi connectivity index (χ1) is 20.5. The predicted octanol–water partition coefficient (Wildman–Crippen LogP) is 9.07. The van der Waals surface area contributed by atoms with Crippen molar-refractivity contribution in [1.82, 2.24) is 0 Å². The highest BCUT2D eigenvalue weighted by atomic mass is 14.9. The lowest BCUT2D eigenvalue weighted by Crippen LogP contribution is -1.94. The van der Waals surface area contributed by atoms with Crippen molar-refractivity contribution < 1.29 is 13.7 Å². The highest BCUT2D eigenvalue weighted by Crippen LogP contribution is 2.36. The van der Waals surface area contributed by atoms with Crippen LogP contribution in [0.25, 0.3) is 43.8 Å². The average Bonchev–Trinajstić information content (AvgIpc) is 3.01. The molecule has 0 fully saturated rings. The Morgan fingerprint density at radius 1 is 0.485 bits per heavy atom. The topological polar surface area (TPSA) is 12.0 Å². The standard InChI is InChI=1S/C32H23N/c1-3-11-23(12-4-1)31-21-27(19-25-15-7-9-17-29(25)31)33-28-20-26-16-8-10-18-30(26)32(22-28)24-13-5-2-6-14-24/h1-22,33H/i1D,2D,3D,4D,5D,6D,11D,12D,13D,14D. The molecule has 0 aromatic heterocycles. The molecule has 1 heteroatoms. The molecule has 0 unspecified atom stereocenters. The zero-order chi connectivity index (χ0) is 30.7. The number of anilines is 2. The van der Waals surface area contributed by atoms with Gasteiger partial charge in [0, 0.05) is 11.4 Å². The minimum Gasteiger partial charge on any atom is -0.355 e. The van der Waals surface area contributed by atoms with Crippen LogP contribution in [0, 0.1) is 0 Å². The first-order valence-electron chi connectivity index (χ1n) is 15.5. The van der Waals surface area contributed by atoms with Crippen LogP contribution < -0.4 is 5.32 Å². The van der Waals surface area contributed by atoms with Gasteiger partial charge >= 0.3 is 0 Å². The van der Waals surface area contributed by atoms with Crippen molar-refractivity contribution in [2.45, 2.75) is 0 Å². The molecule has 0 aliphatic rings. The molecule has 1 N–H and O–H groups in total. The predicted molar refractivity (Wildman–Crippen MR) is 142 cm³/mol. The van der Waals surface area contributed by atoms with Crippen LogP contribution in [0.3, 0.4) is 0 Å². The molecule has 0 saturated heterocycles. The lowest BCUT2D eigenvalue weighted by atomic mass is 9.96. The van der Waals surface area contributed by atoms with E-state index < -0.39 is 36.3 Å². The highest BCUT2D eigenvalue weighted by Gasteiger charge is 2.09. The molecule has 33 heavy (non-hydrogen) atoms. The first-order valence-corrected chi connectivity index (χ1v) is 10.5. The van der Waals surface area contributed by atoms with Crippen molar-refractivity contribution in [3.8, 4) is 22.3 Å². The molecule has 6 aromatic carbocycles. The molecule has 0 atom stereocenters. The van der Waals surface area contributed by atoms with Gasteiger partial charge in [-0.3, -0.25) is 0 Å². The van der Waals surface area contributed by atoms with E-state index in [9.17, 15) is 0 Å². The third-order valence-corrected chi connectivity index (χ3v) is 5.55. The molecule has 0 amide bonds. The van der Waals surface area contributed by atoms with Crippen LogP contribution in [-0.4, -0.2) is 0 Å².